The number of fused-ring (bicyclic) bond motifs is 2. The predicted octanol–water partition coefficient (Wildman–Crippen LogP) is 3.60. The molecule has 1 unspecified atom stereocenters. The summed E-state index contributed by atoms with van der Waals surface area (Å²) in [5.41, 5.74) is 3.98. The fraction of sp³-hybridized carbons (Fsp3) is 0.333. The van der Waals surface area contributed by atoms with Crippen molar-refractivity contribution in [2.75, 3.05) is 25.1 Å². The SMILES string of the molecule is c1ccc2c(c1)CC(c1ccc3c(c1)OCCCO3)CN2. The number of para-hydroxylation sites is 1. The van der Waals surface area contributed by atoms with Gasteiger partial charge in [0.2, 0.25) is 0 Å². The van der Waals surface area contributed by atoms with Crippen molar-refractivity contribution in [1.29, 1.82) is 0 Å². The first kappa shape index (κ1) is 12.6. The molecule has 0 saturated carbocycles. The summed E-state index contributed by atoms with van der Waals surface area (Å²) in [6.07, 6.45) is 2.02. The van der Waals surface area contributed by atoms with E-state index in [2.05, 4.69) is 47.8 Å². The summed E-state index contributed by atoms with van der Waals surface area (Å²) < 4.78 is 11.5. The number of nitrogens with one attached hydrogen (secondary N) is 1. The Morgan fingerprint density at radius 1 is 0.952 bits per heavy atom. The molecule has 21 heavy (non-hydrogen) atoms. The van der Waals surface area contributed by atoms with E-state index in [1.807, 2.05) is 0 Å². The molecule has 108 valence electrons. The Morgan fingerprint density at radius 3 is 2.76 bits per heavy atom. The third kappa shape index (κ3) is 2.44. The normalized spacial score (nSPS) is 20.1. The van der Waals surface area contributed by atoms with E-state index in [1.54, 1.807) is 0 Å². The van der Waals surface area contributed by atoms with Gasteiger partial charge >= 0.3 is 0 Å². The van der Waals surface area contributed by atoms with Gasteiger partial charge in [-0.2, -0.15) is 0 Å². The van der Waals surface area contributed by atoms with E-state index >= 15 is 0 Å². The molecule has 2 aliphatic rings. The summed E-state index contributed by atoms with van der Waals surface area (Å²) in [6.45, 7) is 2.45. The molecule has 0 fully saturated rings. The van der Waals surface area contributed by atoms with E-state index in [0.29, 0.717) is 5.92 Å². The Labute approximate surface area is 124 Å². The van der Waals surface area contributed by atoms with Crippen LogP contribution >= 0.6 is 0 Å². The Kier molecular flexibility index (Phi) is 3.18. The monoisotopic (exact) mass is 281 g/mol. The van der Waals surface area contributed by atoms with Crippen LogP contribution < -0.4 is 14.8 Å². The van der Waals surface area contributed by atoms with Crippen LogP contribution in [0.3, 0.4) is 0 Å². The number of benzene rings is 2. The average Bonchev–Trinajstić information content (AvgIpc) is 2.79. The minimum Gasteiger partial charge on any atom is -0.490 e. The lowest BCUT2D eigenvalue weighted by molar-refractivity contribution is 0.297. The lowest BCUT2D eigenvalue weighted by Gasteiger charge is -2.27. The van der Waals surface area contributed by atoms with E-state index in [4.69, 9.17) is 9.47 Å². The molecule has 0 saturated heterocycles. The van der Waals surface area contributed by atoms with Crippen LogP contribution in [0.25, 0.3) is 0 Å². The molecule has 2 aromatic rings. The second kappa shape index (κ2) is 5.32. The van der Waals surface area contributed by atoms with Gasteiger partial charge < -0.3 is 14.8 Å². The van der Waals surface area contributed by atoms with Crippen molar-refractivity contribution < 1.29 is 9.47 Å². The van der Waals surface area contributed by atoms with Gasteiger partial charge in [-0.1, -0.05) is 24.3 Å². The first-order chi connectivity index (χ1) is 10.4. The van der Waals surface area contributed by atoms with Crippen molar-refractivity contribution in [1.82, 2.24) is 0 Å². The largest absolute Gasteiger partial charge is 0.490 e. The van der Waals surface area contributed by atoms with Gasteiger partial charge in [-0.15, -0.1) is 0 Å². The second-order valence-electron chi connectivity index (χ2n) is 5.70. The van der Waals surface area contributed by atoms with Gasteiger partial charge in [-0.05, 0) is 35.7 Å². The zero-order valence-corrected chi connectivity index (χ0v) is 12.0. The summed E-state index contributed by atoms with van der Waals surface area (Å²) in [4.78, 5) is 0. The fourth-order valence-electron chi connectivity index (χ4n) is 3.11. The van der Waals surface area contributed by atoms with Gasteiger partial charge in [0, 0.05) is 24.6 Å². The molecule has 3 nitrogen and oxygen atoms in total. The molecule has 2 heterocycles. The van der Waals surface area contributed by atoms with E-state index < -0.39 is 0 Å². The first-order valence-corrected chi connectivity index (χ1v) is 7.61. The quantitative estimate of drug-likeness (QED) is 0.866. The number of rotatable bonds is 1. The summed E-state index contributed by atoms with van der Waals surface area (Å²) in [5, 5.41) is 3.53. The number of ether oxygens (including phenoxy) is 2. The van der Waals surface area contributed by atoms with E-state index in [9.17, 15) is 0 Å². The minimum absolute atomic E-state index is 0.483. The molecule has 0 radical (unpaired) electrons. The second-order valence-corrected chi connectivity index (χ2v) is 5.70. The van der Waals surface area contributed by atoms with E-state index in [1.165, 1.54) is 16.8 Å². The third-order valence-corrected chi connectivity index (χ3v) is 4.27. The molecular weight excluding hydrogens is 262 g/mol. The predicted molar refractivity (Wildman–Crippen MR) is 83.4 cm³/mol. The summed E-state index contributed by atoms with van der Waals surface area (Å²) in [5.74, 6) is 2.25. The van der Waals surface area contributed by atoms with Crippen molar-refractivity contribution in [2.45, 2.75) is 18.8 Å². The van der Waals surface area contributed by atoms with Crippen LogP contribution in [0.15, 0.2) is 42.5 Å². The van der Waals surface area contributed by atoms with E-state index in [-0.39, 0.29) is 0 Å². The molecule has 0 aromatic heterocycles. The lowest BCUT2D eigenvalue weighted by atomic mass is 9.88. The fourth-order valence-corrected chi connectivity index (χ4v) is 3.11. The highest BCUT2D eigenvalue weighted by molar-refractivity contribution is 5.55. The smallest absolute Gasteiger partial charge is 0.161 e. The maximum atomic E-state index is 5.80. The highest BCUT2D eigenvalue weighted by atomic mass is 16.5. The Bertz CT molecular complexity index is 653. The molecular formula is C18H19NO2. The van der Waals surface area contributed by atoms with Crippen molar-refractivity contribution >= 4 is 5.69 Å². The molecule has 0 bridgehead atoms. The maximum Gasteiger partial charge on any atom is 0.161 e. The molecule has 0 amide bonds. The summed E-state index contributed by atoms with van der Waals surface area (Å²) in [6, 6.07) is 14.9. The van der Waals surface area contributed by atoms with Gasteiger partial charge in [-0.25, -0.2) is 0 Å². The van der Waals surface area contributed by atoms with Crippen LogP contribution in [0, 0.1) is 0 Å². The molecule has 2 aromatic carbocycles. The van der Waals surface area contributed by atoms with Crippen LogP contribution in [0.1, 0.15) is 23.5 Å². The highest BCUT2D eigenvalue weighted by Crippen LogP contribution is 2.36. The van der Waals surface area contributed by atoms with Crippen LogP contribution in [0.4, 0.5) is 5.69 Å². The number of anilines is 1. The summed E-state index contributed by atoms with van der Waals surface area (Å²) in [7, 11) is 0. The van der Waals surface area contributed by atoms with Gasteiger partial charge in [0.25, 0.3) is 0 Å². The van der Waals surface area contributed by atoms with Gasteiger partial charge in [0.1, 0.15) is 0 Å². The van der Waals surface area contributed by atoms with Crippen LogP contribution in [-0.2, 0) is 6.42 Å². The standard InChI is InChI=1S/C18H19NO2/c1-2-5-16-14(4-1)10-15(12-19-16)13-6-7-17-18(11-13)21-9-3-8-20-17/h1-2,4-7,11,15,19H,3,8-10,12H2. The Balaban J connectivity index is 1.61. The minimum atomic E-state index is 0.483. The lowest BCUT2D eigenvalue weighted by Crippen LogP contribution is -2.21. The number of hydrogen-bond acceptors (Lipinski definition) is 3. The summed E-state index contributed by atoms with van der Waals surface area (Å²) >= 11 is 0. The zero-order valence-electron chi connectivity index (χ0n) is 12.0. The molecule has 2 aliphatic heterocycles. The average molecular weight is 281 g/mol. The Hall–Kier alpha value is -2.16. The van der Waals surface area contributed by atoms with E-state index in [0.717, 1.165) is 44.1 Å². The third-order valence-electron chi connectivity index (χ3n) is 4.27. The molecule has 0 aliphatic carbocycles. The molecule has 1 N–H and O–H groups in total. The van der Waals surface area contributed by atoms with Crippen molar-refractivity contribution in [3.63, 3.8) is 0 Å². The topological polar surface area (TPSA) is 30.5 Å². The van der Waals surface area contributed by atoms with Crippen LogP contribution in [-0.4, -0.2) is 19.8 Å². The van der Waals surface area contributed by atoms with Crippen molar-refractivity contribution in [2.24, 2.45) is 0 Å². The molecule has 1 atom stereocenters. The van der Waals surface area contributed by atoms with Crippen molar-refractivity contribution in [3.05, 3.63) is 53.6 Å². The van der Waals surface area contributed by atoms with Crippen LogP contribution in [0.2, 0.25) is 0 Å². The highest BCUT2D eigenvalue weighted by Gasteiger charge is 2.21. The van der Waals surface area contributed by atoms with Crippen LogP contribution in [0.5, 0.6) is 11.5 Å². The van der Waals surface area contributed by atoms with Gasteiger partial charge in [0.05, 0.1) is 13.2 Å². The maximum absolute atomic E-state index is 5.80. The molecule has 3 heteroatoms. The first-order valence-electron chi connectivity index (χ1n) is 7.61. The zero-order chi connectivity index (χ0) is 14.1. The molecule has 4 rings (SSSR count). The Morgan fingerprint density at radius 2 is 1.81 bits per heavy atom. The van der Waals surface area contributed by atoms with Gasteiger partial charge in [0.15, 0.2) is 11.5 Å². The van der Waals surface area contributed by atoms with Gasteiger partial charge in [-0.3, -0.25) is 0 Å². The van der Waals surface area contributed by atoms with Crippen molar-refractivity contribution in [3.8, 4) is 11.5 Å². The number of hydrogen-bond donors (Lipinski definition) is 1. The molecule has 0 spiro atoms.